The molecule has 0 radical (unpaired) electrons. The third-order valence-corrected chi connectivity index (χ3v) is 10.8. The minimum absolute atomic E-state index is 0.0946. The first-order valence-corrected chi connectivity index (χ1v) is 10.1. The first-order valence-electron chi connectivity index (χ1n) is 8.00. The van der Waals surface area contributed by atoms with E-state index in [1.807, 2.05) is 12.1 Å². The molecule has 0 N–H and O–H groups in total. The Bertz CT molecular complexity index is 475. The summed E-state index contributed by atoms with van der Waals surface area (Å²) in [6.07, 6.45) is 5.60. The van der Waals surface area contributed by atoms with Crippen molar-refractivity contribution in [1.29, 1.82) is 0 Å². The number of hydrogen-bond donors (Lipinski definition) is 0. The van der Waals surface area contributed by atoms with Gasteiger partial charge in [0.05, 0.1) is 6.10 Å². The summed E-state index contributed by atoms with van der Waals surface area (Å²) >= 11 is 0. The molecule has 0 saturated carbocycles. The molecule has 1 aromatic rings. The first kappa shape index (κ1) is 18.0. The van der Waals surface area contributed by atoms with Gasteiger partial charge in [0, 0.05) is 5.56 Å². The highest BCUT2D eigenvalue weighted by molar-refractivity contribution is 6.77. The van der Waals surface area contributed by atoms with Crippen LogP contribution < -0.4 is 0 Å². The van der Waals surface area contributed by atoms with E-state index in [2.05, 4.69) is 66.5 Å². The van der Waals surface area contributed by atoms with E-state index in [0.29, 0.717) is 16.6 Å². The molecule has 0 aliphatic heterocycles. The zero-order valence-corrected chi connectivity index (χ0v) is 15.6. The molecule has 0 bridgehead atoms. The van der Waals surface area contributed by atoms with Gasteiger partial charge < -0.3 is 4.43 Å². The molecule has 1 rings (SSSR count). The Morgan fingerprint density at radius 2 is 1.48 bits per heavy atom. The Labute approximate surface area is 132 Å². The molecule has 0 fully saturated rings. The molecular weight excluding hydrogens is 272 g/mol. The maximum atomic E-state index is 6.78. The Morgan fingerprint density at radius 3 is 1.90 bits per heavy atom. The topological polar surface area (TPSA) is 9.23 Å². The molecule has 0 saturated heterocycles. The fraction of sp³-hybridized carbons (Fsp3) is 0.579. The van der Waals surface area contributed by atoms with Crippen molar-refractivity contribution in [2.75, 3.05) is 0 Å². The van der Waals surface area contributed by atoms with Crippen LogP contribution in [0.5, 0.6) is 0 Å². The predicted octanol–water partition coefficient (Wildman–Crippen LogP) is 5.92. The van der Waals surface area contributed by atoms with Crippen LogP contribution in [0.25, 0.3) is 0 Å². The van der Waals surface area contributed by atoms with Gasteiger partial charge in [0.25, 0.3) is 0 Å². The monoisotopic (exact) mass is 302 g/mol. The van der Waals surface area contributed by atoms with E-state index in [0.717, 1.165) is 5.56 Å². The second kappa shape index (κ2) is 7.29. The standard InChI is InChI=1S/C19H30OSi/c1-9-18-11-10-12-19(13-18)17(8)20-21(14(2)3,15(4)5)16(6)7/h1,10-17H,2-8H3. The van der Waals surface area contributed by atoms with Crippen LogP contribution in [-0.4, -0.2) is 8.32 Å². The van der Waals surface area contributed by atoms with Gasteiger partial charge in [-0.3, -0.25) is 0 Å². The Hall–Kier alpha value is -1.04. The summed E-state index contributed by atoms with van der Waals surface area (Å²) in [6.45, 7) is 16.1. The molecule has 0 spiro atoms. The van der Waals surface area contributed by atoms with Crippen LogP contribution in [0.15, 0.2) is 24.3 Å². The molecule has 0 aromatic heterocycles. The molecule has 0 aliphatic carbocycles. The van der Waals surface area contributed by atoms with Crippen molar-refractivity contribution in [1.82, 2.24) is 0 Å². The highest BCUT2D eigenvalue weighted by Crippen LogP contribution is 2.44. The second-order valence-corrected chi connectivity index (χ2v) is 12.3. The SMILES string of the molecule is C#Cc1cccc(C(C)O[Si](C(C)C)(C(C)C)C(C)C)c1. The van der Waals surface area contributed by atoms with Gasteiger partial charge in [0.1, 0.15) is 0 Å². The average Bonchev–Trinajstić information content (AvgIpc) is 2.43. The van der Waals surface area contributed by atoms with Crippen molar-refractivity contribution in [3.63, 3.8) is 0 Å². The third kappa shape index (κ3) is 3.78. The molecule has 0 heterocycles. The minimum Gasteiger partial charge on any atom is -0.409 e. The van der Waals surface area contributed by atoms with Crippen LogP contribution in [0.4, 0.5) is 0 Å². The highest BCUT2D eigenvalue weighted by atomic mass is 28.4. The molecule has 116 valence electrons. The summed E-state index contributed by atoms with van der Waals surface area (Å²) in [5, 5.41) is 0. The number of hydrogen-bond acceptors (Lipinski definition) is 1. The summed E-state index contributed by atoms with van der Waals surface area (Å²) in [4.78, 5) is 0. The quantitative estimate of drug-likeness (QED) is 0.468. The van der Waals surface area contributed by atoms with Crippen molar-refractivity contribution < 1.29 is 4.43 Å². The molecular formula is C19H30OSi. The molecule has 1 nitrogen and oxygen atoms in total. The fourth-order valence-electron chi connectivity index (χ4n) is 3.66. The van der Waals surface area contributed by atoms with E-state index < -0.39 is 8.32 Å². The molecule has 0 aliphatic rings. The van der Waals surface area contributed by atoms with E-state index in [9.17, 15) is 0 Å². The fourth-order valence-corrected chi connectivity index (χ4v) is 9.23. The first-order chi connectivity index (χ1) is 9.75. The van der Waals surface area contributed by atoms with Gasteiger partial charge in [-0.25, -0.2) is 0 Å². The Kier molecular flexibility index (Phi) is 6.25. The summed E-state index contributed by atoms with van der Waals surface area (Å²) in [6, 6.07) is 8.18. The van der Waals surface area contributed by atoms with E-state index in [1.165, 1.54) is 5.56 Å². The lowest BCUT2D eigenvalue weighted by Gasteiger charge is -2.44. The summed E-state index contributed by atoms with van der Waals surface area (Å²) < 4.78 is 6.78. The maximum absolute atomic E-state index is 6.78. The smallest absolute Gasteiger partial charge is 0.201 e. The van der Waals surface area contributed by atoms with Crippen LogP contribution in [0.2, 0.25) is 16.6 Å². The van der Waals surface area contributed by atoms with Crippen molar-refractivity contribution in [3.05, 3.63) is 35.4 Å². The van der Waals surface area contributed by atoms with Crippen molar-refractivity contribution in [2.24, 2.45) is 0 Å². The van der Waals surface area contributed by atoms with Crippen LogP contribution in [-0.2, 0) is 4.43 Å². The maximum Gasteiger partial charge on any atom is 0.201 e. The van der Waals surface area contributed by atoms with Crippen molar-refractivity contribution >= 4 is 8.32 Å². The summed E-state index contributed by atoms with van der Waals surface area (Å²) in [7, 11) is -1.85. The lowest BCUT2D eigenvalue weighted by molar-refractivity contribution is 0.194. The zero-order valence-electron chi connectivity index (χ0n) is 14.6. The Morgan fingerprint density at radius 1 is 0.952 bits per heavy atom. The van der Waals surface area contributed by atoms with Gasteiger partial charge in [-0.15, -0.1) is 6.42 Å². The largest absolute Gasteiger partial charge is 0.409 e. The average molecular weight is 303 g/mol. The lowest BCUT2D eigenvalue weighted by atomic mass is 10.1. The normalized spacial score (nSPS) is 13.8. The van der Waals surface area contributed by atoms with Crippen LogP contribution in [0, 0.1) is 12.3 Å². The van der Waals surface area contributed by atoms with Crippen molar-refractivity contribution in [3.8, 4) is 12.3 Å². The minimum atomic E-state index is -1.85. The van der Waals surface area contributed by atoms with Crippen molar-refractivity contribution in [2.45, 2.75) is 71.2 Å². The number of rotatable bonds is 6. The van der Waals surface area contributed by atoms with Gasteiger partial charge in [-0.2, -0.15) is 0 Å². The van der Waals surface area contributed by atoms with Gasteiger partial charge in [0.15, 0.2) is 0 Å². The number of benzene rings is 1. The predicted molar refractivity (Wildman–Crippen MR) is 94.9 cm³/mol. The van der Waals surface area contributed by atoms with Gasteiger partial charge >= 0.3 is 0 Å². The van der Waals surface area contributed by atoms with E-state index >= 15 is 0 Å². The molecule has 1 unspecified atom stereocenters. The highest BCUT2D eigenvalue weighted by Gasteiger charge is 2.46. The van der Waals surface area contributed by atoms with Gasteiger partial charge in [0.2, 0.25) is 8.32 Å². The lowest BCUT2D eigenvalue weighted by Crippen LogP contribution is -2.48. The second-order valence-electron chi connectivity index (χ2n) is 6.85. The summed E-state index contributed by atoms with van der Waals surface area (Å²) in [5.41, 5.74) is 3.89. The van der Waals surface area contributed by atoms with E-state index in [-0.39, 0.29) is 6.10 Å². The van der Waals surface area contributed by atoms with Crippen LogP contribution in [0.1, 0.15) is 65.7 Å². The molecule has 21 heavy (non-hydrogen) atoms. The summed E-state index contributed by atoms with van der Waals surface area (Å²) in [5.74, 6) is 2.71. The zero-order chi connectivity index (χ0) is 16.2. The molecule has 1 aromatic carbocycles. The number of terminal acetylenes is 1. The Balaban J connectivity index is 3.11. The molecule has 0 amide bonds. The van der Waals surface area contributed by atoms with Crippen LogP contribution >= 0.6 is 0 Å². The molecule has 1 atom stereocenters. The van der Waals surface area contributed by atoms with E-state index in [1.54, 1.807) is 0 Å². The van der Waals surface area contributed by atoms with Crippen LogP contribution in [0.3, 0.4) is 0 Å². The van der Waals surface area contributed by atoms with Gasteiger partial charge in [-0.1, -0.05) is 59.6 Å². The van der Waals surface area contributed by atoms with Gasteiger partial charge in [-0.05, 0) is 41.2 Å². The molecule has 2 heteroatoms. The van der Waals surface area contributed by atoms with E-state index in [4.69, 9.17) is 10.8 Å². The third-order valence-electron chi connectivity index (χ3n) is 4.61.